The van der Waals surface area contributed by atoms with Crippen LogP contribution in [0.5, 0.6) is 0 Å². The van der Waals surface area contributed by atoms with Gasteiger partial charge in [-0.3, -0.25) is 4.79 Å². The number of anilines is 1. The Morgan fingerprint density at radius 3 is 2.68 bits per heavy atom. The van der Waals surface area contributed by atoms with E-state index in [1.165, 1.54) is 17.8 Å². The summed E-state index contributed by atoms with van der Waals surface area (Å²) in [4.78, 5) is 14.2. The van der Waals surface area contributed by atoms with Gasteiger partial charge in [0.05, 0.1) is 0 Å². The summed E-state index contributed by atoms with van der Waals surface area (Å²) in [5, 5.41) is 15.0. The maximum Gasteiger partial charge on any atom is 0.282 e. The fourth-order valence-corrected chi connectivity index (χ4v) is 2.95. The molecular formula is C12H21N5OS. The van der Waals surface area contributed by atoms with Gasteiger partial charge in [-0.05, 0) is 40.3 Å². The molecule has 0 aromatic carbocycles. The third kappa shape index (κ3) is 3.03. The number of aromatic nitrogens is 2. The highest BCUT2D eigenvalue weighted by Gasteiger charge is 2.39. The van der Waals surface area contributed by atoms with Crippen LogP contribution in [-0.4, -0.2) is 53.7 Å². The lowest BCUT2D eigenvalue weighted by Crippen LogP contribution is -2.57. The normalized spacial score (nSPS) is 17.1. The molecule has 1 aliphatic rings. The van der Waals surface area contributed by atoms with Crippen LogP contribution in [0.2, 0.25) is 0 Å². The molecule has 7 heteroatoms. The molecule has 0 saturated heterocycles. The van der Waals surface area contributed by atoms with Gasteiger partial charge in [0.25, 0.3) is 5.91 Å². The van der Waals surface area contributed by atoms with Crippen LogP contribution in [0, 0.1) is 0 Å². The predicted molar refractivity (Wildman–Crippen MR) is 76.7 cm³/mol. The van der Waals surface area contributed by atoms with Crippen LogP contribution in [-0.2, 0) is 0 Å². The minimum atomic E-state index is -0.130. The van der Waals surface area contributed by atoms with Crippen molar-refractivity contribution in [3.63, 3.8) is 0 Å². The minimum absolute atomic E-state index is 0.130. The highest BCUT2D eigenvalue weighted by Crippen LogP contribution is 2.35. The second kappa shape index (κ2) is 5.83. The van der Waals surface area contributed by atoms with Crippen molar-refractivity contribution in [2.24, 2.45) is 0 Å². The minimum Gasteiger partial charge on any atom is -0.360 e. The van der Waals surface area contributed by atoms with Gasteiger partial charge < -0.3 is 15.5 Å². The van der Waals surface area contributed by atoms with Crippen molar-refractivity contribution in [2.45, 2.75) is 31.7 Å². The molecule has 1 aromatic rings. The van der Waals surface area contributed by atoms with Crippen molar-refractivity contribution in [3.8, 4) is 0 Å². The summed E-state index contributed by atoms with van der Waals surface area (Å²) in [6, 6.07) is 0. The molecule has 1 saturated carbocycles. The zero-order valence-electron chi connectivity index (χ0n) is 11.7. The Labute approximate surface area is 117 Å². The van der Waals surface area contributed by atoms with E-state index >= 15 is 0 Å². The third-order valence-electron chi connectivity index (χ3n) is 3.76. The zero-order valence-corrected chi connectivity index (χ0v) is 12.5. The summed E-state index contributed by atoms with van der Waals surface area (Å²) < 4.78 is 0. The number of rotatable bonds is 6. The van der Waals surface area contributed by atoms with Crippen LogP contribution in [0.25, 0.3) is 0 Å². The Balaban J connectivity index is 1.90. The van der Waals surface area contributed by atoms with Crippen LogP contribution in [0.3, 0.4) is 0 Å². The fraction of sp³-hybridized carbons (Fsp3) is 0.750. The van der Waals surface area contributed by atoms with E-state index in [4.69, 9.17) is 0 Å². The number of nitrogens with zero attached hydrogens (tertiary/aromatic N) is 3. The highest BCUT2D eigenvalue weighted by molar-refractivity contribution is 7.17. The third-order valence-corrected chi connectivity index (χ3v) is 4.64. The first kappa shape index (κ1) is 14.2. The van der Waals surface area contributed by atoms with Crippen molar-refractivity contribution in [1.82, 2.24) is 20.4 Å². The zero-order chi connectivity index (χ0) is 13.9. The quantitative estimate of drug-likeness (QED) is 0.820. The molecule has 0 spiro atoms. The van der Waals surface area contributed by atoms with Crippen molar-refractivity contribution in [1.29, 1.82) is 0 Å². The van der Waals surface area contributed by atoms with E-state index in [1.807, 2.05) is 6.92 Å². The van der Waals surface area contributed by atoms with Crippen molar-refractivity contribution in [2.75, 3.05) is 32.5 Å². The molecule has 0 aliphatic heterocycles. The maximum atomic E-state index is 12.0. The van der Waals surface area contributed by atoms with Crippen molar-refractivity contribution < 1.29 is 4.79 Å². The topological polar surface area (TPSA) is 70.1 Å². The van der Waals surface area contributed by atoms with Gasteiger partial charge in [0.15, 0.2) is 0 Å². The number of carbonyl (C=O) groups excluding carboxylic acids is 1. The summed E-state index contributed by atoms with van der Waals surface area (Å²) in [7, 11) is 4.14. The monoisotopic (exact) mass is 283 g/mol. The molecule has 1 aliphatic carbocycles. The lowest BCUT2D eigenvalue weighted by atomic mass is 9.75. The van der Waals surface area contributed by atoms with Crippen molar-refractivity contribution >= 4 is 22.4 Å². The van der Waals surface area contributed by atoms with E-state index in [9.17, 15) is 4.79 Å². The number of carbonyl (C=O) groups is 1. The van der Waals surface area contributed by atoms with Crippen LogP contribution in [0.15, 0.2) is 0 Å². The van der Waals surface area contributed by atoms with E-state index in [0.717, 1.165) is 19.4 Å². The van der Waals surface area contributed by atoms with E-state index in [-0.39, 0.29) is 11.4 Å². The molecule has 6 nitrogen and oxygen atoms in total. The average molecular weight is 283 g/mol. The second-order valence-corrected chi connectivity index (χ2v) is 6.08. The molecule has 19 heavy (non-hydrogen) atoms. The first-order valence-corrected chi connectivity index (χ1v) is 7.42. The Morgan fingerprint density at radius 2 is 2.16 bits per heavy atom. The van der Waals surface area contributed by atoms with Crippen LogP contribution in [0.4, 0.5) is 5.13 Å². The SMILES string of the molecule is CCNc1nnc(C(=O)NCC2(N(C)C)CCC2)s1. The molecular weight excluding hydrogens is 262 g/mol. The van der Waals surface area contributed by atoms with Crippen LogP contribution < -0.4 is 10.6 Å². The van der Waals surface area contributed by atoms with Crippen molar-refractivity contribution in [3.05, 3.63) is 5.01 Å². The number of nitrogens with one attached hydrogen (secondary N) is 2. The van der Waals surface area contributed by atoms with Crippen LogP contribution >= 0.6 is 11.3 Å². The van der Waals surface area contributed by atoms with Gasteiger partial charge in [0, 0.05) is 18.6 Å². The number of hydrogen-bond acceptors (Lipinski definition) is 6. The average Bonchev–Trinajstić information content (AvgIpc) is 2.76. The van der Waals surface area contributed by atoms with E-state index < -0.39 is 0 Å². The van der Waals surface area contributed by atoms with Gasteiger partial charge in [0.2, 0.25) is 10.1 Å². The molecule has 106 valence electrons. The van der Waals surface area contributed by atoms with Crippen LogP contribution in [0.1, 0.15) is 36.0 Å². The first-order chi connectivity index (χ1) is 9.07. The number of hydrogen-bond donors (Lipinski definition) is 2. The Kier molecular flexibility index (Phi) is 4.36. The molecule has 2 rings (SSSR count). The first-order valence-electron chi connectivity index (χ1n) is 6.60. The Morgan fingerprint density at radius 1 is 1.42 bits per heavy atom. The highest BCUT2D eigenvalue weighted by atomic mass is 32.1. The molecule has 1 heterocycles. The van der Waals surface area contributed by atoms with Gasteiger partial charge in [-0.2, -0.15) is 0 Å². The van der Waals surface area contributed by atoms with Gasteiger partial charge in [0.1, 0.15) is 0 Å². The van der Waals surface area contributed by atoms with Gasteiger partial charge in [-0.15, -0.1) is 10.2 Å². The van der Waals surface area contributed by atoms with E-state index in [1.54, 1.807) is 0 Å². The van der Waals surface area contributed by atoms with Gasteiger partial charge in [-0.25, -0.2) is 0 Å². The lowest BCUT2D eigenvalue weighted by Gasteiger charge is -2.47. The summed E-state index contributed by atoms with van der Waals surface area (Å²) in [6.07, 6.45) is 3.51. The maximum absolute atomic E-state index is 12.0. The second-order valence-electron chi connectivity index (χ2n) is 5.10. The summed E-state index contributed by atoms with van der Waals surface area (Å²) >= 11 is 1.29. The molecule has 1 amide bonds. The Bertz CT molecular complexity index is 441. The summed E-state index contributed by atoms with van der Waals surface area (Å²) in [5.74, 6) is -0.130. The largest absolute Gasteiger partial charge is 0.360 e. The molecule has 0 radical (unpaired) electrons. The number of likely N-dealkylation sites (N-methyl/N-ethyl adjacent to an activating group) is 1. The van der Waals surface area contributed by atoms with Gasteiger partial charge in [-0.1, -0.05) is 11.3 Å². The van der Waals surface area contributed by atoms with E-state index in [0.29, 0.717) is 16.7 Å². The van der Waals surface area contributed by atoms with Gasteiger partial charge >= 0.3 is 0 Å². The fourth-order valence-electron chi connectivity index (χ4n) is 2.23. The molecule has 0 unspecified atom stereocenters. The standard InChI is InChI=1S/C12H21N5OS/c1-4-13-11-16-15-10(19-11)9(18)14-8-12(17(2)3)6-5-7-12/h4-8H2,1-3H3,(H,13,16)(H,14,18). The lowest BCUT2D eigenvalue weighted by molar-refractivity contribution is 0.0557. The smallest absolute Gasteiger partial charge is 0.282 e. The van der Waals surface area contributed by atoms with E-state index in [2.05, 4.69) is 39.8 Å². The summed E-state index contributed by atoms with van der Waals surface area (Å²) in [5.41, 5.74) is 0.130. The Hall–Kier alpha value is -1.21. The summed E-state index contributed by atoms with van der Waals surface area (Å²) in [6.45, 7) is 3.44. The molecule has 1 aromatic heterocycles. The molecule has 0 atom stereocenters. The predicted octanol–water partition coefficient (Wildman–Crippen LogP) is 1.18. The molecule has 2 N–H and O–H groups in total. The molecule has 0 bridgehead atoms. The molecule has 1 fully saturated rings. The number of amides is 1.